The van der Waals surface area contributed by atoms with E-state index in [1.165, 1.54) is 11.8 Å². The number of benzene rings is 3. The van der Waals surface area contributed by atoms with E-state index in [0.29, 0.717) is 40.5 Å². The molecular weight excluding hydrogens is 494 g/mol. The summed E-state index contributed by atoms with van der Waals surface area (Å²) < 4.78 is 11.8. The molecule has 180 valence electrons. The molecule has 8 heteroatoms. The molecule has 1 amide bonds. The number of amidine groups is 2. The molecule has 36 heavy (non-hydrogen) atoms. The Morgan fingerprint density at radius 1 is 1.06 bits per heavy atom. The average Bonchev–Trinajstić information content (AvgIpc) is 3.31. The van der Waals surface area contributed by atoms with Crippen molar-refractivity contribution in [3.05, 3.63) is 105 Å². The maximum Gasteiger partial charge on any atom is 0.283 e. The average molecular weight is 516 g/mol. The van der Waals surface area contributed by atoms with E-state index in [1.54, 1.807) is 23.1 Å². The molecule has 5 rings (SSSR count). The molecule has 0 spiro atoms. The first kappa shape index (κ1) is 23.9. The summed E-state index contributed by atoms with van der Waals surface area (Å²) in [6, 6.07) is 23.0. The number of hydrogen-bond donors (Lipinski definition) is 1. The van der Waals surface area contributed by atoms with Gasteiger partial charge in [-0.25, -0.2) is 0 Å². The minimum absolute atomic E-state index is 0.0589. The predicted molar refractivity (Wildman–Crippen MR) is 145 cm³/mol. The van der Waals surface area contributed by atoms with Gasteiger partial charge in [-0.3, -0.25) is 15.1 Å². The molecule has 0 bridgehead atoms. The molecular formula is C28H22ClN3O3S. The van der Waals surface area contributed by atoms with Crippen LogP contribution in [0.3, 0.4) is 0 Å². The smallest absolute Gasteiger partial charge is 0.283 e. The number of halogens is 1. The van der Waals surface area contributed by atoms with E-state index in [4.69, 9.17) is 26.5 Å². The third kappa shape index (κ3) is 4.80. The summed E-state index contributed by atoms with van der Waals surface area (Å²) in [4.78, 5) is 18.8. The predicted octanol–water partition coefficient (Wildman–Crippen LogP) is 6.62. The number of thioether (sulfide) groups is 1. The van der Waals surface area contributed by atoms with Gasteiger partial charge in [-0.05, 0) is 41.8 Å². The highest BCUT2D eigenvalue weighted by Crippen LogP contribution is 2.40. The third-order valence-corrected chi connectivity index (χ3v) is 6.66. The maximum absolute atomic E-state index is 12.9. The van der Waals surface area contributed by atoms with Gasteiger partial charge in [0.25, 0.3) is 5.91 Å². The molecule has 3 aromatic rings. The summed E-state index contributed by atoms with van der Waals surface area (Å²) in [5.74, 6) is 0.483. The van der Waals surface area contributed by atoms with E-state index in [0.717, 1.165) is 16.8 Å². The number of nitrogens with zero attached hydrogens (tertiary/aromatic N) is 2. The zero-order chi connectivity index (χ0) is 25.1. The Labute approximate surface area is 218 Å². The lowest BCUT2D eigenvalue weighted by Gasteiger charge is -2.27. The molecule has 2 aliphatic heterocycles. The van der Waals surface area contributed by atoms with Gasteiger partial charge in [0.2, 0.25) is 0 Å². The highest BCUT2D eigenvalue weighted by atomic mass is 35.5. The minimum Gasteiger partial charge on any atom is -0.490 e. The van der Waals surface area contributed by atoms with Crippen molar-refractivity contribution in [2.75, 3.05) is 6.61 Å². The van der Waals surface area contributed by atoms with Gasteiger partial charge in [0.1, 0.15) is 12.4 Å². The van der Waals surface area contributed by atoms with Crippen LogP contribution in [-0.2, 0) is 11.4 Å². The van der Waals surface area contributed by atoms with Crippen molar-refractivity contribution >= 4 is 52.0 Å². The first-order valence-electron chi connectivity index (χ1n) is 11.3. The summed E-state index contributed by atoms with van der Waals surface area (Å²) >= 11 is 7.93. The number of nitrogens with one attached hydrogen (secondary N) is 1. The maximum atomic E-state index is 12.9. The van der Waals surface area contributed by atoms with Gasteiger partial charge in [0.15, 0.2) is 16.7 Å². The zero-order valence-corrected chi connectivity index (χ0v) is 21.0. The number of fused-ring (bicyclic) bond motifs is 1. The van der Waals surface area contributed by atoms with Gasteiger partial charge in [0, 0.05) is 5.41 Å². The number of hydrogen-bond acceptors (Lipinski definition) is 5. The molecule has 0 aromatic heterocycles. The van der Waals surface area contributed by atoms with Crippen LogP contribution >= 0.6 is 23.4 Å². The van der Waals surface area contributed by atoms with Crippen LogP contribution in [0.25, 0.3) is 11.8 Å². The molecule has 0 aliphatic carbocycles. The van der Waals surface area contributed by atoms with Crippen LogP contribution in [0, 0.1) is 5.41 Å². The summed E-state index contributed by atoms with van der Waals surface area (Å²) in [6.07, 6.45) is 1.62. The van der Waals surface area contributed by atoms with Crippen LogP contribution in [-0.4, -0.2) is 28.4 Å². The molecule has 0 saturated heterocycles. The lowest BCUT2D eigenvalue weighted by molar-refractivity contribution is -0.114. The highest BCUT2D eigenvalue weighted by molar-refractivity contribution is 8.17. The first-order valence-corrected chi connectivity index (χ1v) is 12.6. The van der Waals surface area contributed by atoms with Gasteiger partial charge in [-0.1, -0.05) is 84.0 Å². The Morgan fingerprint density at radius 3 is 2.50 bits per heavy atom. The number of amides is 1. The van der Waals surface area contributed by atoms with Crippen LogP contribution in [0.5, 0.6) is 11.5 Å². The van der Waals surface area contributed by atoms with Gasteiger partial charge in [-0.2, -0.15) is 4.99 Å². The lowest BCUT2D eigenvalue weighted by Crippen LogP contribution is -2.38. The summed E-state index contributed by atoms with van der Waals surface area (Å²) in [5, 5.41) is 11.6. The van der Waals surface area contributed by atoms with Crippen molar-refractivity contribution in [2.45, 2.75) is 13.5 Å². The SMILES string of the molecule is CCOc1cc(/C=C2/C(=N)N3C(c4ccccc4)=CSC3=NC2=O)cc(Cl)c1OCc1ccccc1. The fourth-order valence-corrected chi connectivity index (χ4v) is 5.05. The largest absolute Gasteiger partial charge is 0.490 e. The topological polar surface area (TPSA) is 75.0 Å². The molecule has 0 saturated carbocycles. The molecule has 0 unspecified atom stereocenters. The van der Waals surface area contributed by atoms with Crippen molar-refractivity contribution < 1.29 is 14.3 Å². The second kappa shape index (κ2) is 10.4. The van der Waals surface area contributed by atoms with E-state index in [9.17, 15) is 4.79 Å². The normalized spacial score (nSPS) is 16.1. The second-order valence-corrected chi connectivity index (χ2v) is 9.21. The summed E-state index contributed by atoms with van der Waals surface area (Å²) in [7, 11) is 0. The van der Waals surface area contributed by atoms with Crippen molar-refractivity contribution in [1.82, 2.24) is 4.90 Å². The van der Waals surface area contributed by atoms with Gasteiger partial charge in [-0.15, -0.1) is 0 Å². The van der Waals surface area contributed by atoms with Gasteiger partial charge in [0.05, 0.1) is 22.9 Å². The number of carbonyl (C=O) groups excluding carboxylic acids is 1. The number of carbonyl (C=O) groups is 1. The summed E-state index contributed by atoms with van der Waals surface area (Å²) in [6.45, 7) is 2.62. The third-order valence-electron chi connectivity index (χ3n) is 5.55. The van der Waals surface area contributed by atoms with Crippen LogP contribution in [0.1, 0.15) is 23.6 Å². The number of rotatable bonds is 7. The van der Waals surface area contributed by atoms with E-state index in [1.807, 2.05) is 73.0 Å². The highest BCUT2D eigenvalue weighted by Gasteiger charge is 2.36. The van der Waals surface area contributed by atoms with Crippen molar-refractivity contribution in [2.24, 2.45) is 4.99 Å². The molecule has 6 nitrogen and oxygen atoms in total. The van der Waals surface area contributed by atoms with Crippen LogP contribution in [0.2, 0.25) is 5.02 Å². The quantitative estimate of drug-likeness (QED) is 0.358. The molecule has 0 radical (unpaired) electrons. The molecule has 0 fully saturated rings. The Morgan fingerprint density at radius 2 is 1.78 bits per heavy atom. The van der Waals surface area contributed by atoms with Crippen molar-refractivity contribution in [3.8, 4) is 11.5 Å². The van der Waals surface area contributed by atoms with Crippen LogP contribution in [0.15, 0.2) is 88.8 Å². The molecule has 0 atom stereocenters. The Bertz CT molecular complexity index is 1420. The van der Waals surface area contributed by atoms with Crippen molar-refractivity contribution in [1.29, 1.82) is 5.41 Å². The molecule has 2 heterocycles. The number of aliphatic imine (C=N–C) groups is 1. The van der Waals surface area contributed by atoms with Gasteiger partial charge >= 0.3 is 0 Å². The van der Waals surface area contributed by atoms with Crippen LogP contribution < -0.4 is 9.47 Å². The first-order chi connectivity index (χ1) is 17.5. The zero-order valence-electron chi connectivity index (χ0n) is 19.4. The Kier molecular flexibility index (Phi) is 6.93. The van der Waals surface area contributed by atoms with E-state index in [2.05, 4.69) is 4.99 Å². The second-order valence-electron chi connectivity index (χ2n) is 7.97. The van der Waals surface area contributed by atoms with E-state index >= 15 is 0 Å². The fraction of sp³-hybridized carbons (Fsp3) is 0.107. The van der Waals surface area contributed by atoms with E-state index < -0.39 is 5.91 Å². The number of ether oxygens (including phenoxy) is 2. The minimum atomic E-state index is -0.472. The monoisotopic (exact) mass is 515 g/mol. The molecule has 3 aromatic carbocycles. The Balaban J connectivity index is 1.46. The molecule has 1 N–H and O–H groups in total. The van der Waals surface area contributed by atoms with Gasteiger partial charge < -0.3 is 9.47 Å². The van der Waals surface area contributed by atoms with E-state index in [-0.39, 0.29) is 11.4 Å². The van der Waals surface area contributed by atoms with Crippen LogP contribution in [0.4, 0.5) is 0 Å². The fourth-order valence-electron chi connectivity index (χ4n) is 3.89. The lowest BCUT2D eigenvalue weighted by atomic mass is 10.1. The summed E-state index contributed by atoms with van der Waals surface area (Å²) in [5.41, 5.74) is 3.53. The standard InChI is InChI=1S/C28H22ClN3O3S/c1-2-34-24-15-19(14-22(29)25(24)35-16-18-9-5-3-6-10-18)13-21-26(30)32-23(20-11-7-4-8-12-20)17-36-28(32)31-27(21)33/h3-15,17,30H,2,16H2,1H3/b21-13-,30-26?. The van der Waals surface area contributed by atoms with Crippen molar-refractivity contribution in [3.63, 3.8) is 0 Å². The Hall–Kier alpha value is -3.81. The molecule has 2 aliphatic rings.